The third kappa shape index (κ3) is 3.32. The van der Waals surface area contributed by atoms with E-state index in [2.05, 4.69) is 10.5 Å². The quantitative estimate of drug-likeness (QED) is 0.641. The van der Waals surface area contributed by atoms with Gasteiger partial charge in [0.05, 0.1) is 5.71 Å². The summed E-state index contributed by atoms with van der Waals surface area (Å²) in [7, 11) is 0. The van der Waals surface area contributed by atoms with Gasteiger partial charge in [-0.2, -0.15) is 0 Å². The summed E-state index contributed by atoms with van der Waals surface area (Å²) in [6.07, 6.45) is 2.04. The average Bonchev–Trinajstić information content (AvgIpc) is 3.21. The highest BCUT2D eigenvalue weighted by Crippen LogP contribution is 2.30. The van der Waals surface area contributed by atoms with Crippen molar-refractivity contribution in [3.8, 4) is 0 Å². The van der Waals surface area contributed by atoms with Crippen LogP contribution in [0.25, 0.3) is 0 Å². The van der Waals surface area contributed by atoms with Gasteiger partial charge in [0, 0.05) is 11.6 Å². The molecule has 0 saturated heterocycles. The van der Waals surface area contributed by atoms with Crippen LogP contribution in [0.1, 0.15) is 32.3 Å². The molecule has 1 aromatic rings. The molecule has 1 amide bonds. The van der Waals surface area contributed by atoms with Crippen molar-refractivity contribution in [2.45, 2.75) is 26.7 Å². The van der Waals surface area contributed by atoms with Gasteiger partial charge in [0.1, 0.15) is 6.61 Å². The molecule has 0 radical (unpaired) electrons. The minimum atomic E-state index is 0.127. The lowest BCUT2D eigenvalue weighted by Crippen LogP contribution is -2.13. The molecule has 4 heteroatoms. The molecule has 0 heterocycles. The zero-order valence-corrected chi connectivity index (χ0v) is 10.8. The molecule has 0 bridgehead atoms. The number of anilines is 1. The van der Waals surface area contributed by atoms with Gasteiger partial charge in [-0.1, -0.05) is 17.3 Å². The van der Waals surface area contributed by atoms with Crippen LogP contribution >= 0.6 is 0 Å². The molecule has 1 aliphatic rings. The fourth-order valence-electron chi connectivity index (χ4n) is 1.60. The number of amides is 1. The Balaban J connectivity index is 1.98. The van der Waals surface area contributed by atoms with Crippen molar-refractivity contribution in [2.24, 2.45) is 11.1 Å². The first-order valence-corrected chi connectivity index (χ1v) is 6.28. The van der Waals surface area contributed by atoms with E-state index in [1.807, 2.05) is 38.1 Å². The van der Waals surface area contributed by atoms with E-state index in [9.17, 15) is 4.79 Å². The normalized spacial score (nSPS) is 15.3. The highest BCUT2D eigenvalue weighted by atomic mass is 16.6. The van der Waals surface area contributed by atoms with Crippen LogP contribution in [0.4, 0.5) is 5.69 Å². The summed E-state index contributed by atoms with van der Waals surface area (Å²) in [4.78, 5) is 16.6. The maximum atomic E-state index is 11.6. The van der Waals surface area contributed by atoms with Crippen LogP contribution < -0.4 is 5.32 Å². The summed E-state index contributed by atoms with van der Waals surface area (Å²) in [6.45, 7) is 4.35. The Labute approximate surface area is 107 Å². The number of benzene rings is 1. The molecular weight excluding hydrogens is 228 g/mol. The average molecular weight is 246 g/mol. The van der Waals surface area contributed by atoms with Crippen LogP contribution in [-0.2, 0) is 9.63 Å². The largest absolute Gasteiger partial charge is 0.396 e. The van der Waals surface area contributed by atoms with Crippen LogP contribution in [0.3, 0.4) is 0 Å². The number of nitrogens with zero attached hydrogens (tertiary/aromatic N) is 1. The number of nitrogens with one attached hydrogen (secondary N) is 1. The maximum absolute atomic E-state index is 11.6. The van der Waals surface area contributed by atoms with E-state index < -0.39 is 0 Å². The summed E-state index contributed by atoms with van der Waals surface area (Å²) in [5.74, 6) is 0.355. The predicted octanol–water partition coefficient (Wildman–Crippen LogP) is 2.80. The number of oxime groups is 1. The van der Waals surface area contributed by atoms with E-state index in [4.69, 9.17) is 4.84 Å². The van der Waals surface area contributed by atoms with E-state index in [1.165, 1.54) is 0 Å². The Morgan fingerprint density at radius 2 is 2.06 bits per heavy atom. The number of carbonyl (C=O) groups is 1. The lowest BCUT2D eigenvalue weighted by Gasteiger charge is -2.05. The van der Waals surface area contributed by atoms with Gasteiger partial charge in [0.2, 0.25) is 5.91 Å². The summed E-state index contributed by atoms with van der Waals surface area (Å²) < 4.78 is 0. The SMILES string of the molecule is CCON=C(C)c1ccc(NC(=O)C2CC2)cc1. The Morgan fingerprint density at radius 3 is 2.61 bits per heavy atom. The van der Waals surface area contributed by atoms with E-state index in [1.54, 1.807) is 0 Å². The Morgan fingerprint density at radius 1 is 1.39 bits per heavy atom. The zero-order chi connectivity index (χ0) is 13.0. The first-order valence-electron chi connectivity index (χ1n) is 6.28. The first-order chi connectivity index (χ1) is 8.70. The zero-order valence-electron chi connectivity index (χ0n) is 10.8. The lowest BCUT2D eigenvalue weighted by atomic mass is 10.1. The minimum absolute atomic E-state index is 0.127. The molecule has 0 spiro atoms. The molecule has 0 aliphatic heterocycles. The summed E-state index contributed by atoms with van der Waals surface area (Å²) in [5.41, 5.74) is 2.66. The highest BCUT2D eigenvalue weighted by molar-refractivity contribution is 5.99. The van der Waals surface area contributed by atoms with Crippen LogP contribution in [-0.4, -0.2) is 18.2 Å². The molecule has 1 aromatic carbocycles. The molecule has 2 rings (SSSR count). The van der Waals surface area contributed by atoms with Crippen LogP contribution in [0.5, 0.6) is 0 Å². The van der Waals surface area contributed by atoms with Crippen molar-refractivity contribution >= 4 is 17.3 Å². The molecule has 0 aromatic heterocycles. The van der Waals surface area contributed by atoms with Crippen molar-refractivity contribution < 1.29 is 9.63 Å². The van der Waals surface area contributed by atoms with Gasteiger partial charge >= 0.3 is 0 Å². The molecule has 1 fully saturated rings. The number of hydrogen-bond acceptors (Lipinski definition) is 3. The molecular formula is C14H18N2O2. The molecule has 96 valence electrons. The van der Waals surface area contributed by atoms with Gasteiger partial charge in [-0.25, -0.2) is 0 Å². The van der Waals surface area contributed by atoms with Crippen molar-refractivity contribution in [3.63, 3.8) is 0 Å². The topological polar surface area (TPSA) is 50.7 Å². The van der Waals surface area contributed by atoms with E-state index in [0.717, 1.165) is 29.8 Å². The van der Waals surface area contributed by atoms with Crippen molar-refractivity contribution in [3.05, 3.63) is 29.8 Å². The lowest BCUT2D eigenvalue weighted by molar-refractivity contribution is -0.117. The Bertz CT molecular complexity index is 447. The van der Waals surface area contributed by atoms with Crippen molar-refractivity contribution in [2.75, 3.05) is 11.9 Å². The fraction of sp³-hybridized carbons (Fsp3) is 0.429. The summed E-state index contributed by atoms with van der Waals surface area (Å²) >= 11 is 0. The van der Waals surface area contributed by atoms with Crippen molar-refractivity contribution in [1.29, 1.82) is 0 Å². The molecule has 18 heavy (non-hydrogen) atoms. The first kappa shape index (κ1) is 12.6. The molecule has 0 atom stereocenters. The van der Waals surface area contributed by atoms with Gasteiger partial charge in [-0.05, 0) is 44.4 Å². The third-order valence-electron chi connectivity index (χ3n) is 2.85. The van der Waals surface area contributed by atoms with E-state index in [-0.39, 0.29) is 11.8 Å². The van der Waals surface area contributed by atoms with Gasteiger partial charge in [-0.15, -0.1) is 0 Å². The molecule has 1 saturated carbocycles. The van der Waals surface area contributed by atoms with Gasteiger partial charge in [0.25, 0.3) is 0 Å². The van der Waals surface area contributed by atoms with E-state index in [0.29, 0.717) is 6.61 Å². The molecule has 1 aliphatic carbocycles. The Kier molecular flexibility index (Phi) is 3.97. The molecule has 4 nitrogen and oxygen atoms in total. The standard InChI is InChI=1S/C14H18N2O2/c1-3-18-16-10(2)11-6-8-13(9-7-11)15-14(17)12-4-5-12/h6-9,12H,3-5H2,1-2H3,(H,15,17). The monoisotopic (exact) mass is 246 g/mol. The smallest absolute Gasteiger partial charge is 0.227 e. The predicted molar refractivity (Wildman–Crippen MR) is 71.6 cm³/mol. The van der Waals surface area contributed by atoms with E-state index >= 15 is 0 Å². The second kappa shape index (κ2) is 5.67. The Hall–Kier alpha value is -1.84. The maximum Gasteiger partial charge on any atom is 0.227 e. The summed E-state index contributed by atoms with van der Waals surface area (Å²) in [5, 5.41) is 6.87. The van der Waals surface area contributed by atoms with Crippen LogP contribution in [0, 0.1) is 5.92 Å². The van der Waals surface area contributed by atoms with Crippen LogP contribution in [0.2, 0.25) is 0 Å². The number of hydrogen-bond donors (Lipinski definition) is 1. The van der Waals surface area contributed by atoms with Crippen molar-refractivity contribution in [1.82, 2.24) is 0 Å². The minimum Gasteiger partial charge on any atom is -0.396 e. The highest BCUT2D eigenvalue weighted by Gasteiger charge is 2.29. The number of carbonyl (C=O) groups excluding carboxylic acids is 1. The third-order valence-corrected chi connectivity index (χ3v) is 2.85. The molecule has 1 N–H and O–H groups in total. The van der Waals surface area contributed by atoms with Gasteiger partial charge in [-0.3, -0.25) is 4.79 Å². The second-order valence-electron chi connectivity index (χ2n) is 4.44. The summed E-state index contributed by atoms with van der Waals surface area (Å²) in [6, 6.07) is 7.64. The number of rotatable bonds is 5. The van der Waals surface area contributed by atoms with Gasteiger partial charge < -0.3 is 10.2 Å². The fourth-order valence-corrected chi connectivity index (χ4v) is 1.60. The van der Waals surface area contributed by atoms with Crippen LogP contribution in [0.15, 0.2) is 29.4 Å². The van der Waals surface area contributed by atoms with Gasteiger partial charge in [0.15, 0.2) is 0 Å². The second-order valence-corrected chi connectivity index (χ2v) is 4.44. The molecule has 0 unspecified atom stereocenters.